The van der Waals surface area contributed by atoms with Crippen LogP contribution >= 0.6 is 0 Å². The highest BCUT2D eigenvalue weighted by molar-refractivity contribution is 6.12. The van der Waals surface area contributed by atoms with E-state index >= 15 is 0 Å². The van der Waals surface area contributed by atoms with Crippen LogP contribution in [0.15, 0.2) is 36.6 Å². The smallest absolute Gasteiger partial charge is 0.0630 e. The van der Waals surface area contributed by atoms with Crippen LogP contribution in [-0.4, -0.2) is 37.5 Å². The van der Waals surface area contributed by atoms with Crippen LogP contribution in [0.1, 0.15) is 11.1 Å². The number of hydrogen-bond donors (Lipinski definition) is 4. The molecule has 6 N–H and O–H groups in total. The van der Waals surface area contributed by atoms with Crippen LogP contribution in [0.2, 0.25) is 0 Å². The Morgan fingerprint density at radius 3 is 2.55 bits per heavy atom. The van der Waals surface area contributed by atoms with Crippen LogP contribution in [0, 0.1) is 10.8 Å². The molecule has 0 aliphatic heterocycles. The fraction of sp³-hybridized carbons (Fsp3) is 0.200. The first-order valence-electron chi connectivity index (χ1n) is 6.22. The van der Waals surface area contributed by atoms with E-state index in [4.69, 9.17) is 22.3 Å². The number of nitrogens with zero attached hydrogens (tertiary/aromatic N) is 1. The normalized spacial score (nSPS) is 12.1. The molecule has 0 amide bonds. The van der Waals surface area contributed by atoms with Gasteiger partial charge in [-0.2, -0.15) is 0 Å². The highest BCUT2D eigenvalue weighted by Crippen LogP contribution is 2.19. The number of hydrogen-bond acceptors (Lipinski definition) is 5. The standard InChI is InChI=1S/C15H21N5/c1-20(2)7-3-4-14(18)13-6-5-11(8-15(13)19)12(9-16)10-17/h3-6,8-10,16,18H,7,17,19H2,1-2H3/b4-3-,12-10+,16-9?,18-14?. The van der Waals surface area contributed by atoms with Crippen molar-refractivity contribution in [2.75, 3.05) is 26.4 Å². The van der Waals surface area contributed by atoms with Crippen molar-refractivity contribution >= 4 is 23.2 Å². The highest BCUT2D eigenvalue weighted by atomic mass is 15.0. The van der Waals surface area contributed by atoms with Gasteiger partial charge >= 0.3 is 0 Å². The molecule has 20 heavy (non-hydrogen) atoms. The predicted molar refractivity (Wildman–Crippen MR) is 86.3 cm³/mol. The zero-order chi connectivity index (χ0) is 15.1. The topological polar surface area (TPSA) is 103 Å². The van der Waals surface area contributed by atoms with Gasteiger partial charge < -0.3 is 27.2 Å². The third-order valence-corrected chi connectivity index (χ3v) is 2.77. The summed E-state index contributed by atoms with van der Waals surface area (Å²) in [6.45, 7) is 0.772. The van der Waals surface area contributed by atoms with Gasteiger partial charge in [0.2, 0.25) is 0 Å². The SMILES string of the molecule is CN(C)C/C=C\C(=N)c1ccc(/C(C=N)=C/N)cc1N. The minimum Gasteiger partial charge on any atom is -0.404 e. The van der Waals surface area contributed by atoms with Crippen molar-refractivity contribution in [1.82, 2.24) is 4.90 Å². The number of nitrogen functional groups attached to an aromatic ring is 1. The third-order valence-electron chi connectivity index (χ3n) is 2.77. The molecule has 0 saturated heterocycles. The lowest BCUT2D eigenvalue weighted by atomic mass is 10.0. The third kappa shape index (κ3) is 4.07. The average Bonchev–Trinajstić information content (AvgIpc) is 2.39. The predicted octanol–water partition coefficient (Wildman–Crippen LogP) is 1.70. The van der Waals surface area contributed by atoms with Gasteiger partial charge in [-0.1, -0.05) is 18.2 Å². The fourth-order valence-corrected chi connectivity index (χ4v) is 1.69. The van der Waals surface area contributed by atoms with Crippen molar-refractivity contribution in [1.29, 1.82) is 10.8 Å². The summed E-state index contributed by atoms with van der Waals surface area (Å²) in [5, 5.41) is 15.3. The molecule has 5 heteroatoms. The van der Waals surface area contributed by atoms with Crippen LogP contribution in [0.5, 0.6) is 0 Å². The van der Waals surface area contributed by atoms with Crippen molar-refractivity contribution in [3.05, 3.63) is 47.7 Å². The van der Waals surface area contributed by atoms with Crippen molar-refractivity contribution in [3.63, 3.8) is 0 Å². The summed E-state index contributed by atoms with van der Waals surface area (Å²) in [4.78, 5) is 2.01. The highest BCUT2D eigenvalue weighted by Gasteiger charge is 2.06. The van der Waals surface area contributed by atoms with Gasteiger partial charge in [-0.05, 0) is 31.8 Å². The van der Waals surface area contributed by atoms with Gasteiger partial charge in [-0.25, -0.2) is 0 Å². The maximum Gasteiger partial charge on any atom is 0.0630 e. The Bertz CT molecular complexity index is 555. The second-order valence-electron chi connectivity index (χ2n) is 4.65. The lowest BCUT2D eigenvalue weighted by Crippen LogP contribution is -2.11. The molecule has 1 aromatic carbocycles. The number of anilines is 1. The van der Waals surface area contributed by atoms with E-state index in [1.54, 1.807) is 18.2 Å². The van der Waals surface area contributed by atoms with Crippen molar-refractivity contribution in [3.8, 4) is 0 Å². The Labute approximate surface area is 119 Å². The molecule has 0 aliphatic rings. The van der Waals surface area contributed by atoms with Gasteiger partial charge in [0.25, 0.3) is 0 Å². The molecule has 0 saturated carbocycles. The molecular formula is C15H21N5. The molecule has 0 heterocycles. The summed E-state index contributed by atoms with van der Waals surface area (Å²) >= 11 is 0. The van der Waals surface area contributed by atoms with Crippen LogP contribution in [0.3, 0.4) is 0 Å². The van der Waals surface area contributed by atoms with Crippen LogP contribution in [0.4, 0.5) is 5.69 Å². The maximum atomic E-state index is 8.01. The van der Waals surface area contributed by atoms with Crippen LogP contribution in [-0.2, 0) is 0 Å². The number of likely N-dealkylation sites (N-methyl/N-ethyl adjacent to an activating group) is 1. The second kappa shape index (κ2) is 7.25. The Morgan fingerprint density at radius 1 is 1.35 bits per heavy atom. The molecule has 0 unspecified atom stereocenters. The zero-order valence-electron chi connectivity index (χ0n) is 11.9. The Hall–Kier alpha value is -2.40. The fourth-order valence-electron chi connectivity index (χ4n) is 1.69. The van der Waals surface area contributed by atoms with E-state index in [0.717, 1.165) is 12.1 Å². The van der Waals surface area contributed by atoms with E-state index in [-0.39, 0.29) is 0 Å². The molecule has 0 spiro atoms. The van der Waals surface area contributed by atoms with Gasteiger partial charge in [-0.3, -0.25) is 0 Å². The van der Waals surface area contributed by atoms with Gasteiger partial charge in [0.15, 0.2) is 0 Å². The lowest BCUT2D eigenvalue weighted by molar-refractivity contribution is 0.456. The Balaban J connectivity index is 2.96. The largest absolute Gasteiger partial charge is 0.404 e. The summed E-state index contributed by atoms with van der Waals surface area (Å²) in [6.07, 6.45) is 6.20. The molecule has 1 rings (SSSR count). The Morgan fingerprint density at radius 2 is 2.05 bits per heavy atom. The summed E-state index contributed by atoms with van der Waals surface area (Å²) in [5.41, 5.74) is 14.3. The molecule has 5 nitrogen and oxygen atoms in total. The first kappa shape index (κ1) is 15.7. The van der Waals surface area contributed by atoms with Gasteiger partial charge in [0.05, 0.1) is 5.71 Å². The zero-order valence-corrected chi connectivity index (χ0v) is 11.9. The molecular weight excluding hydrogens is 250 g/mol. The summed E-state index contributed by atoms with van der Waals surface area (Å²) in [5.74, 6) is 0. The lowest BCUT2D eigenvalue weighted by Gasteiger charge is -2.08. The summed E-state index contributed by atoms with van der Waals surface area (Å²) < 4.78 is 0. The molecule has 0 radical (unpaired) electrons. The minimum absolute atomic E-state index is 0.365. The van der Waals surface area contributed by atoms with Crippen LogP contribution in [0.25, 0.3) is 5.57 Å². The van der Waals surface area contributed by atoms with E-state index in [1.165, 1.54) is 12.4 Å². The maximum absolute atomic E-state index is 8.01. The van der Waals surface area contributed by atoms with Gasteiger partial charge in [0, 0.05) is 35.8 Å². The number of benzene rings is 1. The number of nitrogens with two attached hydrogens (primary N) is 2. The summed E-state index contributed by atoms with van der Waals surface area (Å²) in [6, 6.07) is 5.32. The number of allylic oxidation sites excluding steroid dienone is 2. The average molecular weight is 271 g/mol. The quantitative estimate of drug-likeness (QED) is 0.467. The first-order chi connectivity index (χ1) is 9.49. The van der Waals surface area contributed by atoms with E-state index in [2.05, 4.69) is 0 Å². The molecule has 1 aromatic rings. The monoisotopic (exact) mass is 271 g/mol. The van der Waals surface area contributed by atoms with Gasteiger partial charge in [-0.15, -0.1) is 0 Å². The van der Waals surface area contributed by atoms with Crippen molar-refractivity contribution in [2.45, 2.75) is 0 Å². The van der Waals surface area contributed by atoms with E-state index in [9.17, 15) is 0 Å². The van der Waals surface area contributed by atoms with E-state index in [0.29, 0.717) is 22.5 Å². The molecule has 0 fully saturated rings. The Kier molecular flexibility index (Phi) is 5.68. The molecule has 0 aromatic heterocycles. The number of rotatable bonds is 6. The van der Waals surface area contributed by atoms with Crippen molar-refractivity contribution in [2.24, 2.45) is 5.73 Å². The van der Waals surface area contributed by atoms with E-state index in [1.807, 2.05) is 31.1 Å². The molecule has 0 aliphatic carbocycles. The molecule has 0 atom stereocenters. The summed E-state index contributed by atoms with van der Waals surface area (Å²) in [7, 11) is 3.93. The number of nitrogens with one attached hydrogen (secondary N) is 2. The minimum atomic E-state index is 0.365. The first-order valence-corrected chi connectivity index (χ1v) is 6.22. The van der Waals surface area contributed by atoms with Crippen molar-refractivity contribution < 1.29 is 0 Å². The molecule has 106 valence electrons. The van der Waals surface area contributed by atoms with E-state index < -0.39 is 0 Å². The second-order valence-corrected chi connectivity index (χ2v) is 4.65. The van der Waals surface area contributed by atoms with Gasteiger partial charge in [0.1, 0.15) is 0 Å². The van der Waals surface area contributed by atoms with Crippen LogP contribution < -0.4 is 11.5 Å². The molecule has 0 bridgehead atoms.